The van der Waals surface area contributed by atoms with Crippen LogP contribution in [-0.2, 0) is 11.2 Å². The van der Waals surface area contributed by atoms with Crippen molar-refractivity contribution >= 4 is 11.9 Å². The number of hydrogen-bond acceptors (Lipinski definition) is 4. The van der Waals surface area contributed by atoms with Gasteiger partial charge >= 0.3 is 6.03 Å². The lowest BCUT2D eigenvalue weighted by Crippen LogP contribution is -2.46. The van der Waals surface area contributed by atoms with Crippen LogP contribution in [0.5, 0.6) is 5.75 Å². The van der Waals surface area contributed by atoms with Gasteiger partial charge in [-0.15, -0.1) is 0 Å². The number of carbonyl (C=O) groups is 2. The molecule has 0 radical (unpaired) electrons. The summed E-state index contributed by atoms with van der Waals surface area (Å²) in [6.45, 7) is 3.80. The van der Waals surface area contributed by atoms with Gasteiger partial charge in [-0.2, -0.15) is 0 Å². The molecule has 1 saturated heterocycles. The summed E-state index contributed by atoms with van der Waals surface area (Å²) in [4.78, 5) is 25.7. The van der Waals surface area contributed by atoms with Crippen molar-refractivity contribution in [1.29, 1.82) is 0 Å². The number of benzene rings is 1. The summed E-state index contributed by atoms with van der Waals surface area (Å²) in [5, 5.41) is 12.9. The van der Waals surface area contributed by atoms with Gasteiger partial charge in [0.2, 0.25) is 0 Å². The van der Waals surface area contributed by atoms with Crippen molar-refractivity contribution < 1.29 is 19.4 Å². The van der Waals surface area contributed by atoms with E-state index in [1.54, 1.807) is 6.92 Å². The molecule has 2 N–H and O–H groups in total. The summed E-state index contributed by atoms with van der Waals surface area (Å²) < 4.78 is 5.58. The number of ether oxygens (including phenoxy) is 1. The monoisotopic (exact) mass is 332 g/mol. The average molecular weight is 332 g/mol. The summed E-state index contributed by atoms with van der Waals surface area (Å²) in [5.41, 5.74) is 0.337. The Hall–Kier alpha value is -2.08. The van der Waals surface area contributed by atoms with Crippen LogP contribution in [0.2, 0.25) is 0 Å². The van der Waals surface area contributed by atoms with Crippen LogP contribution in [-0.4, -0.2) is 46.7 Å². The molecule has 1 aliphatic heterocycles. The molecule has 2 aliphatic rings. The van der Waals surface area contributed by atoms with Gasteiger partial charge in [-0.05, 0) is 49.8 Å². The number of imide groups is 1. The van der Waals surface area contributed by atoms with E-state index in [1.807, 2.05) is 24.3 Å². The van der Waals surface area contributed by atoms with E-state index in [1.165, 1.54) is 0 Å². The molecule has 1 aliphatic carbocycles. The molecule has 2 fully saturated rings. The van der Waals surface area contributed by atoms with Gasteiger partial charge < -0.3 is 15.2 Å². The van der Waals surface area contributed by atoms with E-state index in [-0.39, 0.29) is 25.0 Å². The van der Waals surface area contributed by atoms with Crippen LogP contribution in [0.1, 0.15) is 32.3 Å². The molecule has 1 aromatic rings. The van der Waals surface area contributed by atoms with Crippen molar-refractivity contribution in [2.24, 2.45) is 5.92 Å². The molecule has 2 atom stereocenters. The largest absolute Gasteiger partial charge is 0.491 e. The first-order valence-electron chi connectivity index (χ1n) is 8.48. The van der Waals surface area contributed by atoms with Crippen LogP contribution in [0.4, 0.5) is 4.79 Å². The maximum atomic E-state index is 12.5. The van der Waals surface area contributed by atoms with Gasteiger partial charge in [0.1, 0.15) is 24.0 Å². The minimum absolute atomic E-state index is 0.0321. The second-order valence-corrected chi connectivity index (χ2v) is 6.79. The number of β-amino-alcohol motifs (C(OH)–C–C–N with tert-alkyl or cyclic N) is 1. The maximum absolute atomic E-state index is 12.5. The molecule has 1 aromatic carbocycles. The fourth-order valence-corrected chi connectivity index (χ4v) is 3.13. The number of hydrogen-bond donors (Lipinski definition) is 2. The molecular weight excluding hydrogens is 308 g/mol. The normalized spacial score (nSPS) is 24.9. The average Bonchev–Trinajstić information content (AvgIpc) is 3.39. The summed E-state index contributed by atoms with van der Waals surface area (Å²) in [7, 11) is 0. The van der Waals surface area contributed by atoms with E-state index in [0.29, 0.717) is 5.75 Å². The molecule has 1 saturated carbocycles. The Morgan fingerprint density at radius 2 is 2.17 bits per heavy atom. The number of nitrogens with one attached hydrogen (secondary N) is 1. The Morgan fingerprint density at radius 3 is 2.83 bits per heavy atom. The maximum Gasteiger partial charge on any atom is 0.325 e. The third-order valence-electron chi connectivity index (χ3n) is 4.84. The lowest BCUT2D eigenvalue weighted by atomic mass is 9.96. The van der Waals surface area contributed by atoms with Crippen LogP contribution < -0.4 is 10.1 Å². The zero-order valence-electron chi connectivity index (χ0n) is 14.1. The van der Waals surface area contributed by atoms with Gasteiger partial charge in [-0.3, -0.25) is 9.69 Å². The van der Waals surface area contributed by atoms with Crippen molar-refractivity contribution in [3.8, 4) is 5.75 Å². The highest BCUT2D eigenvalue weighted by molar-refractivity contribution is 6.07. The second kappa shape index (κ2) is 6.43. The second-order valence-electron chi connectivity index (χ2n) is 6.79. The molecule has 1 heterocycles. The minimum atomic E-state index is -0.925. The van der Waals surface area contributed by atoms with Gasteiger partial charge in [-0.1, -0.05) is 19.1 Å². The standard InChI is InChI=1S/C18H24N2O4/c1-3-12-5-4-6-15(9-12)24-11-14(21)10-20-16(22)18(2,13-7-8-13)19-17(20)23/h4-6,9,13-14,21H,3,7-8,10-11H2,1-2H3,(H,19,23)/t14-,18-/m1/s1. The molecular formula is C18H24N2O4. The van der Waals surface area contributed by atoms with Crippen molar-refractivity contribution in [2.45, 2.75) is 44.8 Å². The van der Waals surface area contributed by atoms with Crippen LogP contribution >= 0.6 is 0 Å². The number of urea groups is 1. The van der Waals surface area contributed by atoms with Crippen molar-refractivity contribution in [2.75, 3.05) is 13.2 Å². The van der Waals surface area contributed by atoms with E-state index >= 15 is 0 Å². The van der Waals surface area contributed by atoms with Crippen molar-refractivity contribution in [1.82, 2.24) is 10.2 Å². The molecule has 0 aromatic heterocycles. The molecule has 130 valence electrons. The van der Waals surface area contributed by atoms with Crippen LogP contribution in [0.25, 0.3) is 0 Å². The Morgan fingerprint density at radius 1 is 1.42 bits per heavy atom. The Bertz CT molecular complexity index is 644. The van der Waals surface area contributed by atoms with E-state index in [4.69, 9.17) is 4.74 Å². The fraction of sp³-hybridized carbons (Fsp3) is 0.556. The van der Waals surface area contributed by atoms with Crippen LogP contribution in [0.15, 0.2) is 24.3 Å². The van der Waals surface area contributed by atoms with Gasteiger partial charge in [0, 0.05) is 0 Å². The summed E-state index contributed by atoms with van der Waals surface area (Å²) in [5.74, 6) is 0.638. The molecule has 3 amide bonds. The lowest BCUT2D eigenvalue weighted by molar-refractivity contribution is -0.132. The third-order valence-corrected chi connectivity index (χ3v) is 4.84. The third kappa shape index (κ3) is 3.24. The van der Waals surface area contributed by atoms with Gasteiger partial charge in [0.15, 0.2) is 0 Å². The van der Waals surface area contributed by atoms with Gasteiger partial charge in [0.25, 0.3) is 5.91 Å². The first-order chi connectivity index (χ1) is 11.4. The van der Waals surface area contributed by atoms with Gasteiger partial charge in [-0.25, -0.2) is 4.79 Å². The number of rotatable bonds is 7. The first-order valence-corrected chi connectivity index (χ1v) is 8.48. The summed E-state index contributed by atoms with van der Waals surface area (Å²) >= 11 is 0. The Balaban J connectivity index is 1.55. The molecule has 24 heavy (non-hydrogen) atoms. The molecule has 6 heteroatoms. The summed E-state index contributed by atoms with van der Waals surface area (Å²) in [6.07, 6.45) is 1.89. The zero-order chi connectivity index (χ0) is 17.3. The highest BCUT2D eigenvalue weighted by atomic mass is 16.5. The highest BCUT2D eigenvalue weighted by Gasteiger charge is 2.56. The van der Waals surface area contributed by atoms with E-state index < -0.39 is 17.7 Å². The Labute approximate surface area is 141 Å². The summed E-state index contributed by atoms with van der Waals surface area (Å²) in [6, 6.07) is 7.23. The smallest absolute Gasteiger partial charge is 0.325 e. The van der Waals surface area contributed by atoms with E-state index in [0.717, 1.165) is 29.7 Å². The number of amides is 3. The minimum Gasteiger partial charge on any atom is -0.491 e. The van der Waals surface area contributed by atoms with E-state index in [9.17, 15) is 14.7 Å². The number of nitrogens with zero attached hydrogens (tertiary/aromatic N) is 1. The van der Waals surface area contributed by atoms with Crippen molar-refractivity contribution in [3.63, 3.8) is 0 Å². The van der Waals surface area contributed by atoms with Crippen LogP contribution in [0.3, 0.4) is 0 Å². The fourth-order valence-electron chi connectivity index (χ4n) is 3.13. The Kier molecular flexibility index (Phi) is 4.49. The SMILES string of the molecule is CCc1cccc(OC[C@H](O)CN2C(=O)N[C@](C)(C3CC3)C2=O)c1. The molecule has 0 bridgehead atoms. The zero-order valence-corrected chi connectivity index (χ0v) is 14.1. The van der Waals surface area contributed by atoms with Crippen LogP contribution in [0, 0.1) is 5.92 Å². The quantitative estimate of drug-likeness (QED) is 0.745. The number of aliphatic hydroxyl groups excluding tert-OH is 1. The molecule has 0 unspecified atom stereocenters. The number of aliphatic hydroxyl groups is 1. The topological polar surface area (TPSA) is 78.9 Å². The molecule has 6 nitrogen and oxygen atoms in total. The van der Waals surface area contributed by atoms with Crippen molar-refractivity contribution in [3.05, 3.63) is 29.8 Å². The number of aryl methyl sites for hydroxylation is 1. The molecule has 0 spiro atoms. The lowest BCUT2D eigenvalue weighted by Gasteiger charge is -2.22. The highest BCUT2D eigenvalue weighted by Crippen LogP contribution is 2.42. The van der Waals surface area contributed by atoms with E-state index in [2.05, 4.69) is 12.2 Å². The number of carbonyl (C=O) groups excluding carboxylic acids is 2. The first kappa shape index (κ1) is 16.8. The van der Waals surface area contributed by atoms with Gasteiger partial charge in [0.05, 0.1) is 6.54 Å². The predicted molar refractivity (Wildman–Crippen MR) is 88.7 cm³/mol. The molecule has 3 rings (SSSR count). The predicted octanol–water partition coefficient (Wildman–Crippen LogP) is 1.71.